The number of aliphatic hydroxyl groups excluding tert-OH is 2. The van der Waals surface area contributed by atoms with Crippen LogP contribution in [0.1, 0.15) is 85.3 Å². The van der Waals surface area contributed by atoms with Crippen molar-refractivity contribution >= 4 is 17.8 Å². The van der Waals surface area contributed by atoms with E-state index in [4.69, 9.17) is 4.74 Å². The normalized spacial score (nSPS) is 16.8. The van der Waals surface area contributed by atoms with E-state index in [1.54, 1.807) is 31.3 Å². The van der Waals surface area contributed by atoms with Gasteiger partial charge in [0.2, 0.25) is 0 Å². The number of carbonyl (C=O) groups is 2. The summed E-state index contributed by atoms with van der Waals surface area (Å²) in [7, 11) is 0. The first-order chi connectivity index (χ1) is 16.6. The molecule has 196 valence electrons. The number of rotatable bonds is 16. The van der Waals surface area contributed by atoms with Gasteiger partial charge in [0.25, 0.3) is 0 Å². The second kappa shape index (κ2) is 16.3. The summed E-state index contributed by atoms with van der Waals surface area (Å²) in [4.78, 5) is 28.0. The first kappa shape index (κ1) is 30.7. The quantitative estimate of drug-likeness (QED) is 0.231. The minimum Gasteiger partial charge on any atom is -0.455 e. The summed E-state index contributed by atoms with van der Waals surface area (Å²) in [5.74, 6) is -1.60. The maximum Gasteiger partial charge on any atom is 0.309 e. The number of halogens is 1. The minimum absolute atomic E-state index is 0.00547. The molecule has 1 aromatic rings. The van der Waals surface area contributed by atoms with Crippen LogP contribution in [0, 0.1) is 11.8 Å². The molecule has 1 rings (SSSR count). The highest BCUT2D eigenvalue weighted by molar-refractivity contribution is 5.78. The fourth-order valence-electron chi connectivity index (χ4n) is 3.91. The molecule has 5 atom stereocenters. The monoisotopic (exact) mass is 491 g/mol. The topological polar surface area (TPSA) is 96.7 Å². The summed E-state index contributed by atoms with van der Waals surface area (Å²) in [5, 5.41) is 20.2. The van der Waals surface area contributed by atoms with Gasteiger partial charge in [-0.2, -0.15) is 0 Å². The van der Waals surface area contributed by atoms with E-state index in [9.17, 15) is 19.8 Å². The zero-order chi connectivity index (χ0) is 26.4. The van der Waals surface area contributed by atoms with Gasteiger partial charge in [-0.25, -0.2) is 4.39 Å². The Morgan fingerprint density at radius 1 is 1.17 bits per heavy atom. The predicted molar refractivity (Wildman–Crippen MR) is 136 cm³/mol. The van der Waals surface area contributed by atoms with Crippen molar-refractivity contribution in [2.75, 3.05) is 0 Å². The molecule has 0 bridgehead atoms. The molecule has 0 aliphatic rings. The first-order valence-electron chi connectivity index (χ1n) is 12.6. The fourth-order valence-corrected chi connectivity index (χ4v) is 3.91. The summed E-state index contributed by atoms with van der Waals surface area (Å²) < 4.78 is 20.4. The number of aliphatic hydroxyl groups is 2. The molecule has 2 N–H and O–H groups in total. The SMILES string of the molecule is CC[C@@H](O)CC(=O)O[C@@H](C/C=C(/C)CCC[C@H](C)[C@H](O)[C@@H](CC)C(C)=O)/C(F)=C/c1ccccn1. The molecule has 0 unspecified atom stereocenters. The molecule has 7 heteroatoms. The number of hydrogen-bond donors (Lipinski definition) is 2. The Hall–Kier alpha value is -2.38. The van der Waals surface area contributed by atoms with E-state index in [-0.39, 0.29) is 30.5 Å². The van der Waals surface area contributed by atoms with Gasteiger partial charge in [0, 0.05) is 18.5 Å². The molecule has 0 saturated heterocycles. The largest absolute Gasteiger partial charge is 0.455 e. The number of ketones is 1. The van der Waals surface area contributed by atoms with Crippen molar-refractivity contribution in [3.63, 3.8) is 0 Å². The van der Waals surface area contributed by atoms with E-state index in [0.717, 1.165) is 24.8 Å². The summed E-state index contributed by atoms with van der Waals surface area (Å²) in [5.41, 5.74) is 1.44. The highest BCUT2D eigenvalue weighted by Gasteiger charge is 2.26. The van der Waals surface area contributed by atoms with Crippen LogP contribution >= 0.6 is 0 Å². The highest BCUT2D eigenvalue weighted by Crippen LogP contribution is 2.24. The van der Waals surface area contributed by atoms with Crippen LogP contribution in [0.3, 0.4) is 0 Å². The molecule has 0 aliphatic heterocycles. The van der Waals surface area contributed by atoms with Crippen LogP contribution in [0.5, 0.6) is 0 Å². The van der Waals surface area contributed by atoms with Gasteiger partial charge < -0.3 is 14.9 Å². The Bertz CT molecular complexity index is 839. The maximum atomic E-state index is 15.0. The van der Waals surface area contributed by atoms with Crippen molar-refractivity contribution in [2.24, 2.45) is 11.8 Å². The number of Topliss-reactive ketones (excluding diaryl/α,β-unsaturated/α-hetero) is 1. The third kappa shape index (κ3) is 11.7. The maximum absolute atomic E-state index is 15.0. The van der Waals surface area contributed by atoms with Crippen molar-refractivity contribution in [1.82, 2.24) is 4.98 Å². The molecule has 1 heterocycles. The number of aromatic nitrogens is 1. The van der Waals surface area contributed by atoms with Crippen LogP contribution < -0.4 is 0 Å². The molecular weight excluding hydrogens is 449 g/mol. The summed E-state index contributed by atoms with van der Waals surface area (Å²) in [6.07, 6.45) is 5.39. The van der Waals surface area contributed by atoms with Crippen LogP contribution in [0.25, 0.3) is 6.08 Å². The Labute approximate surface area is 209 Å². The van der Waals surface area contributed by atoms with Crippen molar-refractivity contribution < 1.29 is 28.9 Å². The average molecular weight is 492 g/mol. The van der Waals surface area contributed by atoms with Crippen LogP contribution in [-0.4, -0.2) is 45.3 Å². The average Bonchev–Trinajstić information content (AvgIpc) is 2.82. The Morgan fingerprint density at radius 2 is 1.89 bits per heavy atom. The van der Waals surface area contributed by atoms with Gasteiger partial charge in [-0.05, 0) is 70.1 Å². The lowest BCUT2D eigenvalue weighted by molar-refractivity contribution is -0.150. The van der Waals surface area contributed by atoms with Crippen LogP contribution in [0.4, 0.5) is 4.39 Å². The number of esters is 1. The van der Waals surface area contributed by atoms with Crippen LogP contribution in [0.2, 0.25) is 0 Å². The molecule has 0 aromatic carbocycles. The minimum atomic E-state index is -1.11. The van der Waals surface area contributed by atoms with E-state index in [1.165, 1.54) is 13.0 Å². The summed E-state index contributed by atoms with van der Waals surface area (Å²) in [6, 6.07) is 5.13. The van der Waals surface area contributed by atoms with Gasteiger partial charge in [0.15, 0.2) is 6.10 Å². The van der Waals surface area contributed by atoms with Gasteiger partial charge in [-0.15, -0.1) is 0 Å². The number of ether oxygens (including phenoxy) is 1. The van der Waals surface area contributed by atoms with E-state index in [2.05, 4.69) is 4.98 Å². The van der Waals surface area contributed by atoms with Crippen LogP contribution in [0.15, 0.2) is 41.9 Å². The lowest BCUT2D eigenvalue weighted by Gasteiger charge is -2.25. The van der Waals surface area contributed by atoms with Crippen molar-refractivity contribution in [1.29, 1.82) is 0 Å². The standard InChI is InChI=1S/C28H42FNO5/c1-6-23(32)18-27(33)35-26(25(29)17-22-13-8-9-16-30-22)15-14-19(3)11-10-12-20(4)28(34)24(7-2)21(5)31/h8-9,13-14,16-17,20,23-24,26,28,32,34H,6-7,10-12,15,18H2,1-5H3/b19-14-,25-17-/t20-,23+,24-,26-,28-/m0/s1. The van der Waals surface area contributed by atoms with Crippen molar-refractivity contribution in [3.05, 3.63) is 47.6 Å². The van der Waals surface area contributed by atoms with Crippen molar-refractivity contribution in [3.8, 4) is 0 Å². The summed E-state index contributed by atoms with van der Waals surface area (Å²) in [6.45, 7) is 9.07. The van der Waals surface area contributed by atoms with Gasteiger partial charge in [-0.3, -0.25) is 14.6 Å². The molecule has 6 nitrogen and oxygen atoms in total. The zero-order valence-electron chi connectivity index (χ0n) is 21.7. The molecule has 1 aromatic heterocycles. The number of nitrogens with zero attached hydrogens (tertiary/aromatic N) is 1. The Balaban J connectivity index is 2.77. The predicted octanol–water partition coefficient (Wildman–Crippen LogP) is 5.58. The molecule has 35 heavy (non-hydrogen) atoms. The molecule has 0 radical (unpaired) electrons. The molecule has 0 aliphatic carbocycles. The van der Waals surface area contributed by atoms with Gasteiger partial charge >= 0.3 is 5.97 Å². The second-order valence-electron chi connectivity index (χ2n) is 9.30. The Morgan fingerprint density at radius 3 is 2.46 bits per heavy atom. The molecular formula is C28H42FNO5. The van der Waals surface area contributed by atoms with E-state index >= 15 is 4.39 Å². The van der Waals surface area contributed by atoms with E-state index in [0.29, 0.717) is 18.5 Å². The smallest absolute Gasteiger partial charge is 0.309 e. The number of hydrogen-bond acceptors (Lipinski definition) is 6. The molecule has 0 spiro atoms. The molecule has 0 amide bonds. The lowest BCUT2D eigenvalue weighted by Crippen LogP contribution is -2.31. The van der Waals surface area contributed by atoms with E-state index in [1.807, 2.05) is 26.8 Å². The van der Waals surface area contributed by atoms with Crippen LogP contribution in [-0.2, 0) is 14.3 Å². The van der Waals surface area contributed by atoms with Gasteiger partial charge in [0.05, 0.1) is 24.3 Å². The molecule has 0 saturated carbocycles. The van der Waals surface area contributed by atoms with Crippen molar-refractivity contribution in [2.45, 2.75) is 97.9 Å². The third-order valence-electron chi connectivity index (χ3n) is 6.30. The number of carbonyl (C=O) groups excluding carboxylic acids is 2. The number of pyridine rings is 1. The fraction of sp³-hybridized carbons (Fsp3) is 0.607. The van der Waals surface area contributed by atoms with Gasteiger partial charge in [-0.1, -0.05) is 38.5 Å². The first-order valence-corrected chi connectivity index (χ1v) is 12.6. The number of allylic oxidation sites excluding steroid dienone is 1. The summed E-state index contributed by atoms with van der Waals surface area (Å²) >= 11 is 0. The Kier molecular flexibility index (Phi) is 14.3. The highest BCUT2D eigenvalue weighted by atomic mass is 19.1. The third-order valence-corrected chi connectivity index (χ3v) is 6.30. The lowest BCUT2D eigenvalue weighted by atomic mass is 9.85. The zero-order valence-corrected chi connectivity index (χ0v) is 21.7. The molecule has 0 fully saturated rings. The van der Waals surface area contributed by atoms with Gasteiger partial charge in [0.1, 0.15) is 11.6 Å². The second-order valence-corrected chi connectivity index (χ2v) is 9.30. The van der Waals surface area contributed by atoms with E-state index < -0.39 is 30.1 Å².